The van der Waals surface area contributed by atoms with E-state index in [0.717, 1.165) is 27.7 Å². The van der Waals surface area contributed by atoms with Gasteiger partial charge < -0.3 is 5.32 Å². The predicted molar refractivity (Wildman–Crippen MR) is 109 cm³/mol. The van der Waals surface area contributed by atoms with Gasteiger partial charge in [-0.2, -0.15) is 9.47 Å². The molecule has 0 aliphatic carbocycles. The van der Waals surface area contributed by atoms with Gasteiger partial charge in [0.1, 0.15) is 5.00 Å². The van der Waals surface area contributed by atoms with Gasteiger partial charge in [-0.05, 0) is 30.4 Å². The number of rotatable bonds is 8. The van der Waals surface area contributed by atoms with Crippen molar-refractivity contribution in [2.24, 2.45) is 0 Å². The van der Waals surface area contributed by atoms with Crippen LogP contribution in [0.5, 0.6) is 0 Å². The first-order valence-electron chi connectivity index (χ1n) is 9.35. The van der Waals surface area contributed by atoms with Crippen molar-refractivity contribution in [3.63, 3.8) is 0 Å². The molecule has 0 atom stereocenters. The lowest BCUT2D eigenvalue weighted by Crippen LogP contribution is -1.99. The highest BCUT2D eigenvalue weighted by Crippen LogP contribution is 2.31. The molecule has 0 radical (unpaired) electrons. The van der Waals surface area contributed by atoms with Gasteiger partial charge in [0.05, 0.1) is 23.8 Å². The Labute approximate surface area is 162 Å². The summed E-state index contributed by atoms with van der Waals surface area (Å²) in [5.74, 6) is 1.26. The van der Waals surface area contributed by atoms with Crippen LogP contribution < -0.4 is 5.32 Å². The van der Waals surface area contributed by atoms with Crippen molar-refractivity contribution < 1.29 is 0 Å². The standard InChI is InChI=1S/C19H23N7S/c1-3-5-13(6-4-2)15-9-17(27-25-15)24-18-19-21-12-16(14-10-22-23-11-14)26(19)8-7-20-18/h7-13H,3-6H2,1-2H3,(H,20,24)(H,22,23). The van der Waals surface area contributed by atoms with Crippen molar-refractivity contribution >= 4 is 28.0 Å². The van der Waals surface area contributed by atoms with Gasteiger partial charge in [0.2, 0.25) is 0 Å². The summed E-state index contributed by atoms with van der Waals surface area (Å²) in [6.45, 7) is 4.46. The number of nitrogens with zero attached hydrogens (tertiary/aromatic N) is 5. The lowest BCUT2D eigenvalue weighted by molar-refractivity contribution is 0.552. The lowest BCUT2D eigenvalue weighted by Gasteiger charge is -2.11. The van der Waals surface area contributed by atoms with Crippen LogP contribution in [0.2, 0.25) is 0 Å². The normalized spacial score (nSPS) is 11.5. The minimum absolute atomic E-state index is 0.537. The number of anilines is 2. The molecule has 4 aromatic rings. The average Bonchev–Trinajstić information content (AvgIpc) is 3.42. The molecule has 0 bridgehead atoms. The van der Waals surface area contributed by atoms with E-state index in [-0.39, 0.29) is 0 Å². The molecule has 2 N–H and O–H groups in total. The number of hydrogen-bond acceptors (Lipinski definition) is 6. The maximum absolute atomic E-state index is 4.69. The first-order chi connectivity index (χ1) is 13.3. The molecule has 4 aromatic heterocycles. The Balaban J connectivity index is 1.61. The molecule has 140 valence electrons. The van der Waals surface area contributed by atoms with E-state index < -0.39 is 0 Å². The summed E-state index contributed by atoms with van der Waals surface area (Å²) in [4.78, 5) is 9.04. The van der Waals surface area contributed by atoms with Gasteiger partial charge in [-0.3, -0.25) is 9.50 Å². The third-order valence-corrected chi connectivity index (χ3v) is 5.40. The molecule has 0 aliphatic rings. The van der Waals surface area contributed by atoms with Crippen LogP contribution >= 0.6 is 11.5 Å². The smallest absolute Gasteiger partial charge is 0.180 e. The van der Waals surface area contributed by atoms with Crippen molar-refractivity contribution in [3.8, 4) is 11.3 Å². The van der Waals surface area contributed by atoms with Gasteiger partial charge in [-0.25, -0.2) is 9.97 Å². The van der Waals surface area contributed by atoms with E-state index in [0.29, 0.717) is 5.92 Å². The fourth-order valence-electron chi connectivity index (χ4n) is 3.41. The lowest BCUT2D eigenvalue weighted by atomic mass is 9.95. The maximum atomic E-state index is 4.69. The van der Waals surface area contributed by atoms with Crippen LogP contribution in [-0.2, 0) is 0 Å². The number of aromatic amines is 1. The summed E-state index contributed by atoms with van der Waals surface area (Å²) in [6.07, 6.45) is 13.9. The fraction of sp³-hybridized carbons (Fsp3) is 0.368. The molecule has 0 amide bonds. The third kappa shape index (κ3) is 3.57. The summed E-state index contributed by atoms with van der Waals surface area (Å²) in [5.41, 5.74) is 3.92. The second kappa shape index (κ2) is 7.87. The van der Waals surface area contributed by atoms with Crippen LogP contribution in [0.3, 0.4) is 0 Å². The second-order valence-corrected chi connectivity index (χ2v) is 7.42. The second-order valence-electron chi connectivity index (χ2n) is 6.62. The van der Waals surface area contributed by atoms with Crippen LogP contribution in [0.4, 0.5) is 10.8 Å². The number of fused-ring (bicyclic) bond motifs is 1. The van der Waals surface area contributed by atoms with Crippen LogP contribution in [0.1, 0.15) is 51.1 Å². The van der Waals surface area contributed by atoms with Crippen LogP contribution in [0, 0.1) is 0 Å². The predicted octanol–water partition coefficient (Wildman–Crippen LogP) is 5.00. The molecular weight excluding hydrogens is 358 g/mol. The Hall–Kier alpha value is -2.74. The summed E-state index contributed by atoms with van der Waals surface area (Å²) >= 11 is 1.48. The van der Waals surface area contributed by atoms with Crippen LogP contribution in [-0.4, -0.2) is 28.9 Å². The molecule has 0 saturated heterocycles. The molecule has 7 nitrogen and oxygen atoms in total. The van der Waals surface area contributed by atoms with E-state index in [2.05, 4.69) is 49.8 Å². The Morgan fingerprint density at radius 3 is 2.78 bits per heavy atom. The quantitative estimate of drug-likeness (QED) is 0.448. The zero-order valence-corrected chi connectivity index (χ0v) is 16.3. The van der Waals surface area contributed by atoms with Gasteiger partial charge in [0.25, 0.3) is 0 Å². The monoisotopic (exact) mass is 381 g/mol. The zero-order valence-electron chi connectivity index (χ0n) is 15.5. The molecule has 4 rings (SSSR count). The summed E-state index contributed by atoms with van der Waals surface area (Å²) in [7, 11) is 0. The molecule has 0 aromatic carbocycles. The Morgan fingerprint density at radius 1 is 1.19 bits per heavy atom. The first kappa shape index (κ1) is 17.7. The maximum Gasteiger partial charge on any atom is 0.180 e. The topological polar surface area (TPSA) is 83.8 Å². The molecule has 0 saturated carbocycles. The van der Waals surface area contributed by atoms with Gasteiger partial charge >= 0.3 is 0 Å². The van der Waals surface area contributed by atoms with Crippen molar-refractivity contribution in [2.45, 2.75) is 45.4 Å². The molecule has 0 fully saturated rings. The largest absolute Gasteiger partial charge is 0.328 e. The number of nitrogens with one attached hydrogen (secondary N) is 2. The van der Waals surface area contributed by atoms with E-state index in [4.69, 9.17) is 0 Å². The summed E-state index contributed by atoms with van der Waals surface area (Å²) in [6, 6.07) is 2.16. The Bertz CT molecular complexity index is 996. The van der Waals surface area contributed by atoms with Crippen molar-refractivity contribution in [2.75, 3.05) is 5.32 Å². The number of hydrogen-bond donors (Lipinski definition) is 2. The molecule has 0 aliphatic heterocycles. The molecular formula is C19H23N7S. The summed E-state index contributed by atoms with van der Waals surface area (Å²) < 4.78 is 6.70. The Kier molecular flexibility index (Phi) is 5.15. The van der Waals surface area contributed by atoms with E-state index >= 15 is 0 Å². The number of imidazole rings is 1. The molecule has 4 heterocycles. The van der Waals surface area contributed by atoms with Crippen LogP contribution in [0.15, 0.2) is 37.1 Å². The third-order valence-electron chi connectivity index (χ3n) is 4.68. The van der Waals surface area contributed by atoms with E-state index in [1.54, 1.807) is 12.4 Å². The Morgan fingerprint density at radius 2 is 2.04 bits per heavy atom. The SMILES string of the molecule is CCCC(CCC)c1cc(Nc2nccn3c(-c4cn[nH]c4)cnc23)sn1. The summed E-state index contributed by atoms with van der Waals surface area (Å²) in [5, 5.41) is 11.3. The average molecular weight is 382 g/mol. The van der Waals surface area contributed by atoms with Gasteiger partial charge in [0.15, 0.2) is 11.5 Å². The fourth-order valence-corrected chi connectivity index (χ4v) is 4.13. The first-order valence-corrected chi connectivity index (χ1v) is 10.1. The highest BCUT2D eigenvalue weighted by atomic mass is 32.1. The minimum atomic E-state index is 0.537. The van der Waals surface area contributed by atoms with E-state index in [1.807, 2.05) is 23.0 Å². The highest BCUT2D eigenvalue weighted by molar-refractivity contribution is 7.10. The number of H-pyrrole nitrogens is 1. The molecule has 27 heavy (non-hydrogen) atoms. The molecule has 0 spiro atoms. The number of aromatic nitrogens is 6. The van der Waals surface area contributed by atoms with Crippen LogP contribution in [0.25, 0.3) is 16.9 Å². The van der Waals surface area contributed by atoms with E-state index in [9.17, 15) is 0 Å². The van der Waals surface area contributed by atoms with Gasteiger partial charge in [-0.15, -0.1) is 0 Å². The van der Waals surface area contributed by atoms with Crippen molar-refractivity contribution in [1.82, 2.24) is 28.9 Å². The zero-order chi connectivity index (χ0) is 18.6. The molecule has 8 heteroatoms. The van der Waals surface area contributed by atoms with Gasteiger partial charge in [-0.1, -0.05) is 26.7 Å². The minimum Gasteiger partial charge on any atom is -0.328 e. The van der Waals surface area contributed by atoms with E-state index in [1.165, 1.54) is 42.9 Å². The van der Waals surface area contributed by atoms with Gasteiger partial charge in [0, 0.05) is 30.1 Å². The van der Waals surface area contributed by atoms with Crippen molar-refractivity contribution in [3.05, 3.63) is 42.7 Å². The van der Waals surface area contributed by atoms with Crippen molar-refractivity contribution in [1.29, 1.82) is 0 Å². The molecule has 0 unspecified atom stereocenters. The highest BCUT2D eigenvalue weighted by Gasteiger charge is 2.16.